The Labute approximate surface area is 168 Å². The van der Waals surface area contributed by atoms with Crippen LogP contribution in [0, 0.1) is 0 Å². The van der Waals surface area contributed by atoms with Crippen LogP contribution in [-0.2, 0) is 11.3 Å². The Morgan fingerprint density at radius 3 is 2.39 bits per heavy atom. The molecule has 2 aromatic rings. The monoisotopic (exact) mass is 437 g/mol. The number of benzene rings is 1. The first-order valence-corrected chi connectivity index (χ1v) is 8.99. The molecule has 1 aromatic heterocycles. The molecule has 1 aliphatic rings. The summed E-state index contributed by atoms with van der Waals surface area (Å²) in [7, 11) is 0. The summed E-state index contributed by atoms with van der Waals surface area (Å²) in [5, 5.41) is 10.1. The summed E-state index contributed by atoms with van der Waals surface area (Å²) in [5.41, 5.74) is 0.599. The molecule has 3 rings (SSSR count). The number of morpholine rings is 1. The lowest BCUT2D eigenvalue weighted by Crippen LogP contribution is -2.54. The molecular formula is C17H16Cl2F3N3O3. The highest BCUT2D eigenvalue weighted by atomic mass is 35.5. The van der Waals surface area contributed by atoms with E-state index in [9.17, 15) is 18.3 Å². The molecule has 0 bridgehead atoms. The van der Waals surface area contributed by atoms with Crippen LogP contribution in [0.2, 0.25) is 10.0 Å². The van der Waals surface area contributed by atoms with Gasteiger partial charge in [-0.2, -0.15) is 13.2 Å². The van der Waals surface area contributed by atoms with E-state index in [0.717, 1.165) is 0 Å². The van der Waals surface area contributed by atoms with E-state index in [4.69, 9.17) is 32.7 Å². The predicted molar refractivity (Wildman–Crippen MR) is 96.8 cm³/mol. The van der Waals surface area contributed by atoms with Crippen molar-refractivity contribution in [2.75, 3.05) is 24.6 Å². The highest BCUT2D eigenvalue weighted by molar-refractivity contribution is 6.35. The first kappa shape index (κ1) is 20.9. The van der Waals surface area contributed by atoms with E-state index in [0.29, 0.717) is 21.4 Å². The van der Waals surface area contributed by atoms with E-state index >= 15 is 0 Å². The largest absolute Gasteiger partial charge is 0.486 e. The van der Waals surface area contributed by atoms with E-state index in [1.807, 2.05) is 0 Å². The average Bonchev–Trinajstić information content (AvgIpc) is 2.67. The zero-order chi connectivity index (χ0) is 20.3. The van der Waals surface area contributed by atoms with Gasteiger partial charge in [-0.3, -0.25) is 0 Å². The van der Waals surface area contributed by atoms with Crippen molar-refractivity contribution in [3.63, 3.8) is 0 Å². The molecule has 1 N–H and O–H groups in total. The first-order chi connectivity index (χ1) is 13.3. The van der Waals surface area contributed by atoms with Crippen LogP contribution in [0.5, 0.6) is 5.75 Å². The fourth-order valence-electron chi connectivity index (χ4n) is 2.66. The minimum atomic E-state index is -4.55. The molecule has 0 spiro atoms. The predicted octanol–water partition coefficient (Wildman–Crippen LogP) is 3.49. The summed E-state index contributed by atoms with van der Waals surface area (Å²) in [6, 6.07) is 5.07. The van der Waals surface area contributed by atoms with Crippen molar-refractivity contribution in [2.45, 2.75) is 25.0 Å². The second kappa shape index (κ2) is 8.69. The number of nitrogens with zero attached hydrogens (tertiary/aromatic N) is 3. The fraction of sp³-hybridized carbons (Fsp3) is 0.412. The molecule has 0 radical (unpaired) electrons. The van der Waals surface area contributed by atoms with Gasteiger partial charge in [0.2, 0.25) is 5.95 Å². The number of hydrogen-bond acceptors (Lipinski definition) is 6. The molecule has 2 atom stereocenters. The first-order valence-electron chi connectivity index (χ1n) is 8.23. The molecule has 1 saturated heterocycles. The Bertz CT molecular complexity index is 788. The Morgan fingerprint density at radius 1 is 1.18 bits per heavy atom. The maximum atomic E-state index is 13.0. The van der Waals surface area contributed by atoms with Crippen LogP contribution in [0.3, 0.4) is 0 Å². The van der Waals surface area contributed by atoms with E-state index in [-0.39, 0.29) is 19.1 Å². The molecule has 0 saturated carbocycles. The van der Waals surface area contributed by atoms with Crippen molar-refractivity contribution in [3.05, 3.63) is 46.2 Å². The van der Waals surface area contributed by atoms with Crippen LogP contribution in [0.4, 0.5) is 19.1 Å². The van der Waals surface area contributed by atoms with E-state index < -0.39 is 31.5 Å². The summed E-state index contributed by atoms with van der Waals surface area (Å²) in [6.07, 6.45) is -4.87. The minimum Gasteiger partial charge on any atom is -0.486 e. The van der Waals surface area contributed by atoms with Gasteiger partial charge in [-0.05, 0) is 12.1 Å². The smallest absolute Gasteiger partial charge is 0.416 e. The Balaban J connectivity index is 1.68. The third kappa shape index (κ3) is 4.96. The highest BCUT2D eigenvalue weighted by Crippen LogP contribution is 2.29. The Hall–Kier alpha value is -1.81. The standard InChI is InChI=1S/C17H16Cl2F3N3O3/c18-13-2-1-3-14(19)12(13)9-27-10-4-23-16(24-5-10)25-6-11(8-26)28-15(7-25)17(20,21)22/h1-5,11,15,26H,6-9H2/t11-,15-/m0/s1. The number of halogens is 5. The van der Waals surface area contributed by atoms with Crippen molar-refractivity contribution in [1.29, 1.82) is 0 Å². The molecule has 1 aliphatic heterocycles. The van der Waals surface area contributed by atoms with E-state index in [1.54, 1.807) is 18.2 Å². The van der Waals surface area contributed by atoms with Gasteiger partial charge in [-0.15, -0.1) is 0 Å². The molecule has 0 unspecified atom stereocenters. The second-order valence-electron chi connectivity index (χ2n) is 6.08. The van der Waals surface area contributed by atoms with Gasteiger partial charge in [-0.25, -0.2) is 9.97 Å². The van der Waals surface area contributed by atoms with Gasteiger partial charge in [0.15, 0.2) is 11.9 Å². The van der Waals surface area contributed by atoms with Gasteiger partial charge in [0, 0.05) is 22.2 Å². The van der Waals surface area contributed by atoms with Crippen molar-refractivity contribution >= 4 is 29.2 Å². The Morgan fingerprint density at radius 2 is 1.82 bits per heavy atom. The van der Waals surface area contributed by atoms with Gasteiger partial charge >= 0.3 is 6.18 Å². The van der Waals surface area contributed by atoms with Crippen molar-refractivity contribution < 1.29 is 27.8 Å². The summed E-state index contributed by atoms with van der Waals surface area (Å²) in [4.78, 5) is 9.44. The molecule has 11 heteroatoms. The zero-order valence-electron chi connectivity index (χ0n) is 14.4. The van der Waals surface area contributed by atoms with Crippen LogP contribution < -0.4 is 9.64 Å². The molecule has 2 heterocycles. The number of alkyl halides is 3. The topological polar surface area (TPSA) is 67.7 Å². The summed E-state index contributed by atoms with van der Waals surface area (Å²) < 4.78 is 49.5. The molecule has 28 heavy (non-hydrogen) atoms. The summed E-state index contributed by atoms with van der Waals surface area (Å²) >= 11 is 12.1. The minimum absolute atomic E-state index is 0.0402. The third-order valence-electron chi connectivity index (χ3n) is 4.08. The number of aliphatic hydroxyl groups excluding tert-OH is 1. The molecule has 1 fully saturated rings. The summed E-state index contributed by atoms with van der Waals surface area (Å²) in [5.74, 6) is 0.387. The number of aliphatic hydroxyl groups is 1. The maximum Gasteiger partial charge on any atom is 0.416 e. The SMILES string of the molecule is OC[C@@H]1CN(c2ncc(OCc3c(Cl)cccc3Cl)cn2)C[C@@H](C(F)(F)F)O1. The zero-order valence-corrected chi connectivity index (χ0v) is 15.9. The van der Waals surface area contributed by atoms with Crippen LogP contribution in [0.25, 0.3) is 0 Å². The van der Waals surface area contributed by atoms with Gasteiger partial charge < -0.3 is 19.5 Å². The van der Waals surface area contributed by atoms with Gasteiger partial charge in [0.25, 0.3) is 0 Å². The van der Waals surface area contributed by atoms with Crippen molar-refractivity contribution in [3.8, 4) is 5.75 Å². The number of rotatable bonds is 5. The van der Waals surface area contributed by atoms with E-state index in [1.165, 1.54) is 17.3 Å². The Kier molecular flexibility index (Phi) is 6.49. The van der Waals surface area contributed by atoms with Gasteiger partial charge in [0.05, 0.1) is 31.6 Å². The maximum absolute atomic E-state index is 13.0. The third-order valence-corrected chi connectivity index (χ3v) is 4.79. The molecule has 0 aliphatic carbocycles. The normalized spacial score (nSPS) is 20.3. The number of anilines is 1. The van der Waals surface area contributed by atoms with Crippen LogP contribution >= 0.6 is 23.2 Å². The molecule has 1 aromatic carbocycles. The molecule has 0 amide bonds. The summed E-state index contributed by atoms with van der Waals surface area (Å²) in [6.45, 7) is -0.877. The van der Waals surface area contributed by atoms with Crippen LogP contribution in [0.15, 0.2) is 30.6 Å². The van der Waals surface area contributed by atoms with Crippen molar-refractivity contribution in [2.24, 2.45) is 0 Å². The quantitative estimate of drug-likeness (QED) is 0.771. The van der Waals surface area contributed by atoms with Crippen LogP contribution in [0.1, 0.15) is 5.56 Å². The molecular weight excluding hydrogens is 422 g/mol. The fourth-order valence-corrected chi connectivity index (χ4v) is 3.16. The molecule has 6 nitrogen and oxygen atoms in total. The second-order valence-corrected chi connectivity index (χ2v) is 6.90. The molecule has 152 valence electrons. The highest BCUT2D eigenvalue weighted by Gasteiger charge is 2.46. The number of hydrogen-bond donors (Lipinski definition) is 1. The van der Waals surface area contributed by atoms with Crippen molar-refractivity contribution in [1.82, 2.24) is 9.97 Å². The van der Waals surface area contributed by atoms with Gasteiger partial charge in [-0.1, -0.05) is 29.3 Å². The number of aromatic nitrogens is 2. The average molecular weight is 438 g/mol. The van der Waals surface area contributed by atoms with Crippen LogP contribution in [-0.4, -0.2) is 53.2 Å². The lowest BCUT2D eigenvalue weighted by molar-refractivity contribution is -0.238. The lowest BCUT2D eigenvalue weighted by atomic mass is 10.2. The van der Waals surface area contributed by atoms with E-state index in [2.05, 4.69) is 9.97 Å². The van der Waals surface area contributed by atoms with Gasteiger partial charge in [0.1, 0.15) is 6.61 Å². The number of ether oxygens (including phenoxy) is 2. The lowest BCUT2D eigenvalue weighted by Gasteiger charge is -2.38.